The minimum atomic E-state index is -0.687. The van der Waals surface area contributed by atoms with Gasteiger partial charge < -0.3 is 14.4 Å². The Kier molecular flexibility index (Phi) is 6.81. The average molecular weight is 434 g/mol. The smallest absolute Gasteiger partial charge is 0.363 e. The zero-order valence-electron chi connectivity index (χ0n) is 18.0. The third-order valence-corrected chi connectivity index (χ3v) is 5.42. The molecule has 0 spiro atoms. The molecular weight excluding hydrogens is 408 g/mol. The van der Waals surface area contributed by atoms with Crippen LogP contribution in [-0.4, -0.2) is 71.4 Å². The van der Waals surface area contributed by atoms with Crippen LogP contribution in [0.25, 0.3) is 5.69 Å². The van der Waals surface area contributed by atoms with E-state index in [4.69, 9.17) is 9.47 Å². The molecule has 0 aliphatic carbocycles. The van der Waals surface area contributed by atoms with Crippen LogP contribution in [0.2, 0.25) is 0 Å². The summed E-state index contributed by atoms with van der Waals surface area (Å²) < 4.78 is 12.1. The number of hydrogen-bond acceptors (Lipinski definition) is 6. The third-order valence-electron chi connectivity index (χ3n) is 5.42. The molecule has 1 aliphatic rings. The summed E-state index contributed by atoms with van der Waals surface area (Å²) in [7, 11) is 1.46. The first-order valence-corrected chi connectivity index (χ1v) is 10.5. The molecule has 1 saturated heterocycles. The Bertz CT molecular complexity index is 1040. The van der Waals surface area contributed by atoms with Crippen molar-refractivity contribution in [3.8, 4) is 11.4 Å². The van der Waals surface area contributed by atoms with E-state index in [2.05, 4.69) is 22.1 Å². The number of carbonyl (C=O) groups is 2. The summed E-state index contributed by atoms with van der Waals surface area (Å²) in [6.45, 7) is 3.32. The Balaban J connectivity index is 1.29. The quantitative estimate of drug-likeness (QED) is 0.532. The minimum Gasteiger partial charge on any atom is -0.493 e. The number of methoxy groups -OCH3 is 1. The number of carbonyl (C=O) groups excluding carboxylic acids is 2. The first-order valence-electron chi connectivity index (χ1n) is 10.5. The van der Waals surface area contributed by atoms with E-state index in [0.717, 1.165) is 25.3 Å². The SMILES string of the molecule is COc1cn(-c2ccccc2)nc1C(=O)OCC(=O)N1CCN(Cc2ccccc2)CC1. The van der Waals surface area contributed by atoms with Gasteiger partial charge in [-0.15, -0.1) is 0 Å². The summed E-state index contributed by atoms with van der Waals surface area (Å²) in [5.74, 6) is -0.604. The molecule has 1 fully saturated rings. The predicted octanol–water partition coefficient (Wildman–Crippen LogP) is 2.38. The minimum absolute atomic E-state index is 0.0387. The molecule has 0 atom stereocenters. The molecule has 1 amide bonds. The van der Waals surface area contributed by atoms with Crippen molar-refractivity contribution in [1.82, 2.24) is 19.6 Å². The lowest BCUT2D eigenvalue weighted by Gasteiger charge is -2.34. The van der Waals surface area contributed by atoms with Crippen molar-refractivity contribution in [3.63, 3.8) is 0 Å². The Morgan fingerprint density at radius 3 is 2.25 bits per heavy atom. The number of amides is 1. The number of hydrogen-bond donors (Lipinski definition) is 0. The van der Waals surface area contributed by atoms with Gasteiger partial charge in [0.2, 0.25) is 5.69 Å². The summed E-state index contributed by atoms with van der Waals surface area (Å²) in [4.78, 5) is 29.2. The largest absolute Gasteiger partial charge is 0.493 e. The Morgan fingerprint density at radius 1 is 0.938 bits per heavy atom. The Hall–Kier alpha value is -3.65. The van der Waals surface area contributed by atoms with E-state index in [-0.39, 0.29) is 18.2 Å². The van der Waals surface area contributed by atoms with Gasteiger partial charge in [0, 0.05) is 32.7 Å². The summed E-state index contributed by atoms with van der Waals surface area (Å²) >= 11 is 0. The maximum absolute atomic E-state index is 12.6. The fourth-order valence-electron chi connectivity index (χ4n) is 3.65. The molecule has 0 radical (unpaired) electrons. The maximum atomic E-state index is 12.6. The van der Waals surface area contributed by atoms with Crippen molar-refractivity contribution in [2.24, 2.45) is 0 Å². The molecule has 8 nitrogen and oxygen atoms in total. The lowest BCUT2D eigenvalue weighted by atomic mass is 10.2. The molecule has 4 rings (SSSR count). The maximum Gasteiger partial charge on any atom is 0.363 e. The van der Waals surface area contributed by atoms with E-state index < -0.39 is 5.97 Å². The van der Waals surface area contributed by atoms with Gasteiger partial charge in [0.05, 0.1) is 19.0 Å². The van der Waals surface area contributed by atoms with Crippen LogP contribution in [0.1, 0.15) is 16.1 Å². The van der Waals surface area contributed by atoms with Crippen molar-refractivity contribution >= 4 is 11.9 Å². The normalized spacial score (nSPS) is 14.2. The van der Waals surface area contributed by atoms with Crippen LogP contribution in [0.5, 0.6) is 5.75 Å². The highest BCUT2D eigenvalue weighted by atomic mass is 16.5. The lowest BCUT2D eigenvalue weighted by molar-refractivity contribution is -0.136. The number of nitrogens with zero attached hydrogens (tertiary/aromatic N) is 4. The summed E-state index contributed by atoms with van der Waals surface area (Å²) in [5.41, 5.74) is 2.08. The standard InChI is InChI=1S/C24H26N4O4/c1-31-21-17-28(20-10-6-3-7-11-20)25-23(21)24(30)32-18-22(29)27-14-12-26(13-15-27)16-19-8-4-2-5-9-19/h2-11,17H,12-16,18H2,1H3. The molecule has 0 unspecified atom stereocenters. The summed E-state index contributed by atoms with van der Waals surface area (Å²) in [5, 5.41) is 4.28. The van der Waals surface area contributed by atoms with E-state index in [1.807, 2.05) is 48.5 Å². The van der Waals surface area contributed by atoms with E-state index >= 15 is 0 Å². The molecule has 1 aromatic heterocycles. The van der Waals surface area contributed by atoms with Gasteiger partial charge in [-0.25, -0.2) is 9.48 Å². The Morgan fingerprint density at radius 2 is 1.59 bits per heavy atom. The van der Waals surface area contributed by atoms with Crippen LogP contribution in [0.15, 0.2) is 66.9 Å². The van der Waals surface area contributed by atoms with Gasteiger partial charge in [0.25, 0.3) is 5.91 Å². The van der Waals surface area contributed by atoms with E-state index in [9.17, 15) is 9.59 Å². The molecule has 1 aliphatic heterocycles. The second-order valence-corrected chi connectivity index (χ2v) is 7.54. The van der Waals surface area contributed by atoms with Crippen LogP contribution in [0.4, 0.5) is 0 Å². The number of piperazine rings is 1. The molecule has 166 valence electrons. The van der Waals surface area contributed by atoms with Crippen molar-refractivity contribution in [2.45, 2.75) is 6.54 Å². The number of ether oxygens (including phenoxy) is 2. The second-order valence-electron chi connectivity index (χ2n) is 7.54. The monoisotopic (exact) mass is 434 g/mol. The van der Waals surface area contributed by atoms with Gasteiger partial charge in [-0.3, -0.25) is 9.69 Å². The van der Waals surface area contributed by atoms with E-state index in [0.29, 0.717) is 18.8 Å². The fraction of sp³-hybridized carbons (Fsp3) is 0.292. The van der Waals surface area contributed by atoms with Crippen molar-refractivity contribution < 1.29 is 19.1 Å². The topological polar surface area (TPSA) is 76.9 Å². The molecule has 0 saturated carbocycles. The second kappa shape index (κ2) is 10.1. The van der Waals surface area contributed by atoms with E-state index in [1.165, 1.54) is 12.7 Å². The van der Waals surface area contributed by atoms with Crippen LogP contribution in [-0.2, 0) is 16.1 Å². The Labute approximate surface area is 187 Å². The van der Waals surface area contributed by atoms with Crippen LogP contribution in [0, 0.1) is 0 Å². The van der Waals surface area contributed by atoms with Crippen molar-refractivity contribution in [2.75, 3.05) is 39.9 Å². The fourth-order valence-corrected chi connectivity index (χ4v) is 3.65. The molecule has 32 heavy (non-hydrogen) atoms. The number of para-hydroxylation sites is 1. The highest BCUT2D eigenvalue weighted by Gasteiger charge is 2.24. The number of aromatic nitrogens is 2. The molecule has 8 heteroatoms. The molecule has 0 N–H and O–H groups in total. The zero-order chi connectivity index (χ0) is 22.3. The van der Waals surface area contributed by atoms with Crippen molar-refractivity contribution in [3.05, 3.63) is 78.1 Å². The van der Waals surface area contributed by atoms with Gasteiger partial charge in [-0.2, -0.15) is 5.10 Å². The van der Waals surface area contributed by atoms with Gasteiger partial charge in [-0.05, 0) is 17.7 Å². The zero-order valence-corrected chi connectivity index (χ0v) is 18.0. The van der Waals surface area contributed by atoms with Gasteiger partial charge >= 0.3 is 5.97 Å². The first-order chi connectivity index (χ1) is 15.6. The predicted molar refractivity (Wildman–Crippen MR) is 119 cm³/mol. The summed E-state index contributed by atoms with van der Waals surface area (Å²) in [6, 6.07) is 19.6. The molecular formula is C24H26N4O4. The van der Waals surface area contributed by atoms with Gasteiger partial charge in [0.15, 0.2) is 12.4 Å². The van der Waals surface area contributed by atoms with Crippen molar-refractivity contribution in [1.29, 1.82) is 0 Å². The van der Waals surface area contributed by atoms with Crippen LogP contribution < -0.4 is 4.74 Å². The van der Waals surface area contributed by atoms with Crippen LogP contribution in [0.3, 0.4) is 0 Å². The molecule has 0 bridgehead atoms. The van der Waals surface area contributed by atoms with Gasteiger partial charge in [-0.1, -0.05) is 48.5 Å². The van der Waals surface area contributed by atoms with E-state index in [1.54, 1.807) is 15.8 Å². The number of esters is 1. The first kappa shape index (κ1) is 21.6. The lowest BCUT2D eigenvalue weighted by Crippen LogP contribution is -2.49. The number of benzene rings is 2. The molecule has 2 aromatic carbocycles. The van der Waals surface area contributed by atoms with Crippen LogP contribution >= 0.6 is 0 Å². The highest BCUT2D eigenvalue weighted by Crippen LogP contribution is 2.20. The average Bonchev–Trinajstić information content (AvgIpc) is 3.29. The number of rotatable bonds is 7. The third kappa shape index (κ3) is 5.15. The highest BCUT2D eigenvalue weighted by molar-refractivity contribution is 5.92. The molecule has 2 heterocycles. The van der Waals surface area contributed by atoms with Gasteiger partial charge in [0.1, 0.15) is 0 Å². The molecule has 3 aromatic rings. The summed E-state index contributed by atoms with van der Waals surface area (Å²) in [6.07, 6.45) is 1.61.